The van der Waals surface area contributed by atoms with E-state index < -0.39 is 10.0 Å². The Morgan fingerprint density at radius 1 is 1.00 bits per heavy atom. The molecule has 0 saturated heterocycles. The Kier molecular flexibility index (Phi) is 3.77. The third kappa shape index (κ3) is 3.14. The van der Waals surface area contributed by atoms with Crippen LogP contribution in [-0.4, -0.2) is 21.6 Å². The zero-order valence-corrected chi connectivity index (χ0v) is 13.3. The minimum atomic E-state index is -3.67. The Hall–Kier alpha value is -1.73. The van der Waals surface area contributed by atoms with Crippen molar-refractivity contribution in [2.45, 2.75) is 4.90 Å². The number of fused-ring (bicyclic) bond motifs is 1. The summed E-state index contributed by atoms with van der Waals surface area (Å²) in [6, 6.07) is 11.5. The van der Waals surface area contributed by atoms with Crippen LogP contribution in [-0.2, 0) is 10.0 Å². The van der Waals surface area contributed by atoms with Crippen molar-refractivity contribution in [2.24, 2.45) is 0 Å². The van der Waals surface area contributed by atoms with Crippen LogP contribution in [0.5, 0.6) is 11.5 Å². The van der Waals surface area contributed by atoms with E-state index in [0.717, 1.165) is 4.47 Å². The predicted octanol–water partition coefficient (Wildman–Crippen LogP) is 3.02. The van der Waals surface area contributed by atoms with Crippen LogP contribution in [0, 0.1) is 0 Å². The van der Waals surface area contributed by atoms with Gasteiger partial charge in [-0.05, 0) is 30.3 Å². The maximum absolute atomic E-state index is 12.4. The van der Waals surface area contributed by atoms with Crippen molar-refractivity contribution in [2.75, 3.05) is 17.9 Å². The SMILES string of the molecule is O=S(=O)(Nc1cccc(Br)c1)c1ccc2c(c1)OCCO2. The van der Waals surface area contributed by atoms with Gasteiger partial charge in [-0.2, -0.15) is 0 Å². The monoisotopic (exact) mass is 369 g/mol. The molecule has 0 saturated carbocycles. The average Bonchev–Trinajstić information content (AvgIpc) is 2.46. The van der Waals surface area contributed by atoms with Gasteiger partial charge in [0.1, 0.15) is 13.2 Å². The number of benzene rings is 2. The summed E-state index contributed by atoms with van der Waals surface area (Å²) in [6.07, 6.45) is 0. The van der Waals surface area contributed by atoms with E-state index in [9.17, 15) is 8.42 Å². The first kappa shape index (κ1) is 14.2. The van der Waals surface area contributed by atoms with Crippen molar-refractivity contribution in [3.05, 3.63) is 46.9 Å². The molecule has 2 aromatic carbocycles. The van der Waals surface area contributed by atoms with Crippen LogP contribution in [0.25, 0.3) is 0 Å². The number of rotatable bonds is 3. The number of hydrogen-bond acceptors (Lipinski definition) is 4. The van der Waals surface area contributed by atoms with E-state index in [1.165, 1.54) is 12.1 Å². The second kappa shape index (κ2) is 5.57. The van der Waals surface area contributed by atoms with Gasteiger partial charge in [-0.3, -0.25) is 4.72 Å². The van der Waals surface area contributed by atoms with Crippen LogP contribution in [0.2, 0.25) is 0 Å². The van der Waals surface area contributed by atoms with Crippen LogP contribution < -0.4 is 14.2 Å². The van der Waals surface area contributed by atoms with E-state index in [0.29, 0.717) is 30.4 Å². The lowest BCUT2D eigenvalue weighted by Crippen LogP contribution is -2.17. The minimum Gasteiger partial charge on any atom is -0.486 e. The summed E-state index contributed by atoms with van der Waals surface area (Å²) in [5.41, 5.74) is 0.485. The summed E-state index contributed by atoms with van der Waals surface area (Å²) in [6.45, 7) is 0.880. The lowest BCUT2D eigenvalue weighted by atomic mass is 10.3. The number of hydrogen-bond donors (Lipinski definition) is 1. The van der Waals surface area contributed by atoms with Crippen molar-refractivity contribution < 1.29 is 17.9 Å². The fraction of sp³-hybridized carbons (Fsp3) is 0.143. The van der Waals surface area contributed by atoms with Gasteiger partial charge in [-0.25, -0.2) is 8.42 Å². The van der Waals surface area contributed by atoms with Gasteiger partial charge >= 0.3 is 0 Å². The topological polar surface area (TPSA) is 64.6 Å². The summed E-state index contributed by atoms with van der Waals surface area (Å²) in [5, 5.41) is 0. The highest BCUT2D eigenvalue weighted by Crippen LogP contribution is 2.32. The van der Waals surface area contributed by atoms with E-state index >= 15 is 0 Å². The number of sulfonamides is 1. The van der Waals surface area contributed by atoms with Gasteiger partial charge in [-0.15, -0.1) is 0 Å². The van der Waals surface area contributed by atoms with Crippen LogP contribution in [0.1, 0.15) is 0 Å². The molecule has 7 heteroatoms. The molecule has 0 fully saturated rings. The first-order valence-corrected chi connectivity index (χ1v) is 8.50. The predicted molar refractivity (Wildman–Crippen MR) is 82.4 cm³/mol. The van der Waals surface area contributed by atoms with E-state index in [1.807, 2.05) is 6.07 Å². The Bertz CT molecular complexity index is 776. The summed E-state index contributed by atoms with van der Waals surface area (Å²) >= 11 is 3.30. The van der Waals surface area contributed by atoms with Crippen LogP contribution in [0.4, 0.5) is 5.69 Å². The zero-order chi connectivity index (χ0) is 14.9. The molecular weight excluding hydrogens is 358 g/mol. The largest absolute Gasteiger partial charge is 0.486 e. The molecule has 1 N–H and O–H groups in total. The van der Waals surface area contributed by atoms with Gasteiger partial charge in [0.05, 0.1) is 4.90 Å². The fourth-order valence-electron chi connectivity index (χ4n) is 1.96. The zero-order valence-electron chi connectivity index (χ0n) is 10.9. The molecule has 1 aliphatic heterocycles. The molecule has 21 heavy (non-hydrogen) atoms. The Morgan fingerprint density at radius 3 is 2.52 bits per heavy atom. The molecule has 5 nitrogen and oxygen atoms in total. The standard InChI is InChI=1S/C14H12BrNO4S/c15-10-2-1-3-11(8-10)16-21(17,18)12-4-5-13-14(9-12)20-7-6-19-13/h1-5,8-9,16H,6-7H2. The summed E-state index contributed by atoms with van der Waals surface area (Å²) in [5.74, 6) is 1.00. The third-order valence-corrected chi connectivity index (χ3v) is 4.77. The van der Waals surface area contributed by atoms with Crippen LogP contribution in [0.3, 0.4) is 0 Å². The first-order chi connectivity index (χ1) is 10.0. The molecule has 2 aromatic rings. The summed E-state index contributed by atoms with van der Waals surface area (Å²) in [4.78, 5) is 0.131. The highest BCUT2D eigenvalue weighted by Gasteiger charge is 2.19. The Balaban J connectivity index is 1.91. The maximum Gasteiger partial charge on any atom is 0.262 e. The van der Waals surface area contributed by atoms with Gasteiger partial charge in [0.25, 0.3) is 10.0 Å². The Morgan fingerprint density at radius 2 is 1.76 bits per heavy atom. The summed E-state index contributed by atoms with van der Waals surface area (Å²) in [7, 11) is -3.67. The van der Waals surface area contributed by atoms with Gasteiger partial charge in [-0.1, -0.05) is 22.0 Å². The van der Waals surface area contributed by atoms with Gasteiger partial charge in [0.2, 0.25) is 0 Å². The molecule has 0 spiro atoms. The smallest absolute Gasteiger partial charge is 0.262 e. The fourth-order valence-corrected chi connectivity index (χ4v) is 3.42. The van der Waals surface area contributed by atoms with Crippen molar-refractivity contribution in [1.29, 1.82) is 0 Å². The second-order valence-electron chi connectivity index (χ2n) is 4.42. The molecule has 110 valence electrons. The van der Waals surface area contributed by atoms with E-state index in [-0.39, 0.29) is 4.90 Å². The molecular formula is C14H12BrNO4S. The Labute approximate surface area is 131 Å². The van der Waals surface area contributed by atoms with E-state index in [1.54, 1.807) is 24.3 Å². The number of anilines is 1. The normalized spacial score (nSPS) is 13.8. The highest BCUT2D eigenvalue weighted by molar-refractivity contribution is 9.10. The number of ether oxygens (including phenoxy) is 2. The molecule has 3 rings (SSSR count). The second-order valence-corrected chi connectivity index (χ2v) is 7.02. The van der Waals surface area contributed by atoms with Crippen molar-refractivity contribution in [3.63, 3.8) is 0 Å². The van der Waals surface area contributed by atoms with E-state index in [4.69, 9.17) is 9.47 Å². The third-order valence-electron chi connectivity index (χ3n) is 2.90. The summed E-state index contributed by atoms with van der Waals surface area (Å²) < 4.78 is 38.9. The molecule has 0 aliphatic carbocycles. The maximum atomic E-state index is 12.4. The van der Waals surface area contributed by atoms with Crippen molar-refractivity contribution in [1.82, 2.24) is 0 Å². The average molecular weight is 370 g/mol. The molecule has 0 amide bonds. The minimum absolute atomic E-state index is 0.131. The first-order valence-electron chi connectivity index (χ1n) is 6.23. The molecule has 0 bridgehead atoms. The molecule has 1 heterocycles. The van der Waals surface area contributed by atoms with Crippen molar-refractivity contribution >= 4 is 31.6 Å². The quantitative estimate of drug-likeness (QED) is 0.902. The van der Waals surface area contributed by atoms with Crippen LogP contribution in [0.15, 0.2) is 51.8 Å². The molecule has 1 aliphatic rings. The number of nitrogens with one attached hydrogen (secondary N) is 1. The van der Waals surface area contributed by atoms with E-state index in [2.05, 4.69) is 20.7 Å². The van der Waals surface area contributed by atoms with Crippen LogP contribution >= 0.6 is 15.9 Å². The van der Waals surface area contributed by atoms with Crippen molar-refractivity contribution in [3.8, 4) is 11.5 Å². The van der Waals surface area contributed by atoms with Gasteiger partial charge in [0.15, 0.2) is 11.5 Å². The number of halogens is 1. The molecule has 0 atom stereocenters. The van der Waals surface area contributed by atoms with Gasteiger partial charge < -0.3 is 9.47 Å². The lowest BCUT2D eigenvalue weighted by molar-refractivity contribution is 0.171. The lowest BCUT2D eigenvalue weighted by Gasteiger charge is -2.19. The molecule has 0 aromatic heterocycles. The molecule has 0 radical (unpaired) electrons. The highest BCUT2D eigenvalue weighted by atomic mass is 79.9. The molecule has 0 unspecified atom stereocenters. The van der Waals surface area contributed by atoms with Gasteiger partial charge in [0, 0.05) is 16.2 Å².